The number of carbonyl (C=O) groups excluding carboxylic acids is 2. The van der Waals surface area contributed by atoms with Crippen molar-refractivity contribution in [3.63, 3.8) is 0 Å². The smallest absolute Gasteiger partial charge is 0.275 e. The van der Waals surface area contributed by atoms with E-state index in [1.54, 1.807) is 37.3 Å². The van der Waals surface area contributed by atoms with Crippen LogP contribution in [0.3, 0.4) is 0 Å². The summed E-state index contributed by atoms with van der Waals surface area (Å²) in [6.45, 7) is 1.70. The number of carbonyl (C=O) groups is 2. The van der Waals surface area contributed by atoms with E-state index in [0.717, 1.165) is 0 Å². The van der Waals surface area contributed by atoms with Gasteiger partial charge in [-0.15, -0.1) is 0 Å². The molecular formula is C17H12Cl2N4O3. The van der Waals surface area contributed by atoms with E-state index in [9.17, 15) is 9.59 Å². The molecule has 0 aliphatic carbocycles. The largest absolute Gasteiger partial charge is 0.360 e. The topological polar surface area (TPSA) is 97.1 Å². The normalized spacial score (nSPS) is 10.4. The van der Waals surface area contributed by atoms with Crippen LogP contribution in [0.2, 0.25) is 10.0 Å². The first kappa shape index (κ1) is 17.9. The predicted molar refractivity (Wildman–Crippen MR) is 97.8 cm³/mol. The fraction of sp³-hybridized carbons (Fsp3) is 0.0588. The van der Waals surface area contributed by atoms with Crippen LogP contribution < -0.4 is 10.6 Å². The molecule has 0 saturated carbocycles. The van der Waals surface area contributed by atoms with Crippen LogP contribution in [-0.4, -0.2) is 22.0 Å². The van der Waals surface area contributed by atoms with Gasteiger partial charge in [-0.1, -0.05) is 40.5 Å². The molecule has 0 radical (unpaired) electrons. The number of hydrogen-bond acceptors (Lipinski definition) is 5. The average Bonchev–Trinajstić information content (AvgIpc) is 3.03. The Hall–Kier alpha value is -2.90. The lowest BCUT2D eigenvalue weighted by atomic mass is 10.2. The van der Waals surface area contributed by atoms with Gasteiger partial charge >= 0.3 is 0 Å². The lowest BCUT2D eigenvalue weighted by Gasteiger charge is -2.08. The van der Waals surface area contributed by atoms with Gasteiger partial charge in [0.15, 0.2) is 5.82 Å². The molecule has 2 aromatic heterocycles. The Morgan fingerprint density at radius 3 is 2.31 bits per heavy atom. The molecule has 2 heterocycles. The average molecular weight is 391 g/mol. The third kappa shape index (κ3) is 4.01. The molecule has 0 atom stereocenters. The van der Waals surface area contributed by atoms with Crippen molar-refractivity contribution in [2.24, 2.45) is 0 Å². The zero-order chi connectivity index (χ0) is 18.7. The van der Waals surface area contributed by atoms with Crippen molar-refractivity contribution >= 4 is 46.5 Å². The van der Waals surface area contributed by atoms with Crippen LogP contribution in [-0.2, 0) is 0 Å². The van der Waals surface area contributed by atoms with E-state index >= 15 is 0 Å². The van der Waals surface area contributed by atoms with Gasteiger partial charge < -0.3 is 15.2 Å². The van der Waals surface area contributed by atoms with Gasteiger partial charge in [0.25, 0.3) is 11.8 Å². The highest BCUT2D eigenvalue weighted by atomic mass is 35.5. The zero-order valence-electron chi connectivity index (χ0n) is 13.4. The number of pyridine rings is 1. The first-order valence-electron chi connectivity index (χ1n) is 7.41. The molecule has 2 amide bonds. The molecule has 0 fully saturated rings. The van der Waals surface area contributed by atoms with E-state index in [2.05, 4.69) is 20.8 Å². The fourth-order valence-electron chi connectivity index (χ4n) is 2.08. The summed E-state index contributed by atoms with van der Waals surface area (Å²) < 4.78 is 4.88. The molecule has 9 heteroatoms. The van der Waals surface area contributed by atoms with Crippen LogP contribution >= 0.6 is 23.2 Å². The Kier molecular flexibility index (Phi) is 5.20. The summed E-state index contributed by atoms with van der Waals surface area (Å²) in [4.78, 5) is 28.7. The molecule has 0 aliphatic heterocycles. The van der Waals surface area contributed by atoms with E-state index in [-0.39, 0.29) is 22.2 Å². The summed E-state index contributed by atoms with van der Waals surface area (Å²) in [5.74, 6) is -0.232. The highest BCUT2D eigenvalue weighted by Crippen LogP contribution is 2.29. The molecule has 132 valence electrons. The van der Waals surface area contributed by atoms with E-state index in [0.29, 0.717) is 16.5 Å². The number of benzene rings is 1. The highest BCUT2D eigenvalue weighted by Gasteiger charge is 2.15. The Bertz CT molecular complexity index is 988. The lowest BCUT2D eigenvalue weighted by molar-refractivity contribution is 0.101. The molecular weight excluding hydrogens is 379 g/mol. The van der Waals surface area contributed by atoms with Crippen LogP contribution in [0, 0.1) is 6.92 Å². The summed E-state index contributed by atoms with van der Waals surface area (Å²) in [6.07, 6.45) is 0. The Labute approximate surface area is 158 Å². The molecule has 0 saturated heterocycles. The van der Waals surface area contributed by atoms with E-state index in [1.807, 2.05) is 0 Å². The number of nitrogens with one attached hydrogen (secondary N) is 2. The predicted octanol–water partition coefficient (Wildman–Crippen LogP) is 4.19. The van der Waals surface area contributed by atoms with Gasteiger partial charge in [0.1, 0.15) is 17.1 Å². The number of halogens is 2. The number of nitrogens with zero attached hydrogens (tertiary/aromatic N) is 2. The van der Waals surface area contributed by atoms with Crippen molar-refractivity contribution in [3.05, 3.63) is 69.7 Å². The number of amides is 2. The molecule has 0 unspecified atom stereocenters. The minimum absolute atomic E-state index is 0.0463. The fourth-order valence-corrected chi connectivity index (χ4v) is 2.43. The van der Waals surface area contributed by atoms with Crippen molar-refractivity contribution in [3.8, 4) is 0 Å². The SMILES string of the molecule is Cc1cc(NC(=O)c2cccc(C(=O)Nc3cccc(Cl)c3Cl)n2)no1. The van der Waals surface area contributed by atoms with Crippen molar-refractivity contribution in [1.29, 1.82) is 0 Å². The summed E-state index contributed by atoms with van der Waals surface area (Å²) in [7, 11) is 0. The molecule has 1 aromatic carbocycles. The van der Waals surface area contributed by atoms with Crippen molar-refractivity contribution in [2.75, 3.05) is 10.6 Å². The van der Waals surface area contributed by atoms with Crippen molar-refractivity contribution in [1.82, 2.24) is 10.1 Å². The van der Waals surface area contributed by atoms with Gasteiger partial charge in [-0.05, 0) is 31.2 Å². The van der Waals surface area contributed by atoms with Gasteiger partial charge in [-0.2, -0.15) is 0 Å². The van der Waals surface area contributed by atoms with E-state index in [4.69, 9.17) is 27.7 Å². The first-order chi connectivity index (χ1) is 12.4. The van der Waals surface area contributed by atoms with E-state index in [1.165, 1.54) is 12.1 Å². The second kappa shape index (κ2) is 7.55. The number of aryl methyl sites for hydroxylation is 1. The zero-order valence-corrected chi connectivity index (χ0v) is 14.9. The number of hydrogen-bond donors (Lipinski definition) is 2. The van der Waals surface area contributed by atoms with Crippen LogP contribution in [0.25, 0.3) is 0 Å². The maximum atomic E-state index is 12.4. The molecule has 3 rings (SSSR count). The van der Waals surface area contributed by atoms with Crippen molar-refractivity contribution in [2.45, 2.75) is 6.92 Å². The second-order valence-electron chi connectivity index (χ2n) is 5.24. The maximum Gasteiger partial charge on any atom is 0.275 e. The van der Waals surface area contributed by atoms with Gasteiger partial charge in [0.2, 0.25) is 0 Å². The molecule has 0 aliphatic rings. The highest BCUT2D eigenvalue weighted by molar-refractivity contribution is 6.44. The minimum Gasteiger partial charge on any atom is -0.360 e. The number of anilines is 2. The van der Waals surface area contributed by atoms with Crippen LogP contribution in [0.1, 0.15) is 26.7 Å². The first-order valence-corrected chi connectivity index (χ1v) is 8.17. The van der Waals surface area contributed by atoms with Gasteiger partial charge in [-0.3, -0.25) is 9.59 Å². The van der Waals surface area contributed by atoms with Crippen LogP contribution in [0.5, 0.6) is 0 Å². The second-order valence-corrected chi connectivity index (χ2v) is 6.03. The molecule has 0 spiro atoms. The Morgan fingerprint density at radius 1 is 1.00 bits per heavy atom. The van der Waals surface area contributed by atoms with E-state index < -0.39 is 11.8 Å². The Morgan fingerprint density at radius 2 is 1.65 bits per heavy atom. The summed E-state index contributed by atoms with van der Waals surface area (Å²) in [5, 5.41) is 9.35. The molecule has 3 aromatic rings. The number of aromatic nitrogens is 2. The quantitative estimate of drug-likeness (QED) is 0.695. The van der Waals surface area contributed by atoms with Gasteiger partial charge in [-0.25, -0.2) is 4.98 Å². The molecule has 2 N–H and O–H groups in total. The van der Waals surface area contributed by atoms with Crippen LogP contribution in [0.15, 0.2) is 47.0 Å². The molecule has 26 heavy (non-hydrogen) atoms. The third-order valence-corrected chi connectivity index (χ3v) is 4.10. The maximum absolute atomic E-state index is 12.4. The Balaban J connectivity index is 1.76. The monoisotopic (exact) mass is 390 g/mol. The minimum atomic E-state index is -0.527. The standard InChI is InChI=1S/C17H12Cl2N4O3/c1-9-8-14(23-26-9)22-17(25)13-7-3-6-12(20-13)16(24)21-11-5-2-4-10(18)15(11)19/h2-8H,1H3,(H,21,24)(H,22,23,25). The summed E-state index contributed by atoms with van der Waals surface area (Å²) in [6, 6.07) is 10.9. The van der Waals surface area contributed by atoms with Crippen molar-refractivity contribution < 1.29 is 14.1 Å². The van der Waals surface area contributed by atoms with Gasteiger partial charge in [0, 0.05) is 6.07 Å². The lowest BCUT2D eigenvalue weighted by Crippen LogP contribution is -2.18. The van der Waals surface area contributed by atoms with Gasteiger partial charge in [0.05, 0.1) is 15.7 Å². The number of rotatable bonds is 4. The third-order valence-electron chi connectivity index (χ3n) is 3.28. The molecule has 0 bridgehead atoms. The molecule has 7 nitrogen and oxygen atoms in total. The summed E-state index contributed by atoms with van der Waals surface area (Å²) in [5.41, 5.74) is 0.444. The van der Waals surface area contributed by atoms with Crippen LogP contribution in [0.4, 0.5) is 11.5 Å². The summed E-state index contributed by atoms with van der Waals surface area (Å²) >= 11 is 12.0.